The minimum Gasteiger partial charge on any atom is -0.373 e. The molecule has 0 unspecified atom stereocenters. The zero-order valence-electron chi connectivity index (χ0n) is 14.9. The molecule has 0 spiro atoms. The summed E-state index contributed by atoms with van der Waals surface area (Å²) >= 11 is 5.99. The van der Waals surface area contributed by atoms with Gasteiger partial charge in [-0.1, -0.05) is 54.1 Å². The van der Waals surface area contributed by atoms with Crippen LogP contribution < -0.4 is 0 Å². The molecular weight excluding hydrogens is 346 g/mol. The number of hydrogen-bond acceptors (Lipinski definition) is 2. The van der Waals surface area contributed by atoms with Gasteiger partial charge in [0.05, 0.1) is 18.1 Å². The maximum atomic E-state index is 13.1. The lowest BCUT2D eigenvalue weighted by Gasteiger charge is -2.34. The van der Waals surface area contributed by atoms with Gasteiger partial charge >= 0.3 is 0 Å². The summed E-state index contributed by atoms with van der Waals surface area (Å²) in [6.07, 6.45) is 3.95. The summed E-state index contributed by atoms with van der Waals surface area (Å²) in [5.74, 6) is 0.279. The highest BCUT2D eigenvalue weighted by Gasteiger charge is 2.53. The summed E-state index contributed by atoms with van der Waals surface area (Å²) < 4.78 is 6.04. The number of ether oxygens (including phenoxy) is 1. The van der Waals surface area contributed by atoms with Crippen LogP contribution in [0.4, 0.5) is 0 Å². The summed E-state index contributed by atoms with van der Waals surface area (Å²) in [5.41, 5.74) is 2.00. The van der Waals surface area contributed by atoms with Crippen LogP contribution in [0.25, 0.3) is 0 Å². The van der Waals surface area contributed by atoms with Crippen LogP contribution in [0, 0.1) is 0 Å². The van der Waals surface area contributed by atoms with Gasteiger partial charge in [-0.05, 0) is 48.9 Å². The Morgan fingerprint density at radius 1 is 1.04 bits per heavy atom. The first-order valence-electron chi connectivity index (χ1n) is 9.38. The number of rotatable bonds is 5. The predicted octanol–water partition coefficient (Wildman–Crippen LogP) is 4.58. The summed E-state index contributed by atoms with van der Waals surface area (Å²) in [6, 6.07) is 18.0. The molecule has 2 aliphatic rings. The van der Waals surface area contributed by atoms with Gasteiger partial charge in [0, 0.05) is 18.1 Å². The standard InChI is InChI=1S/C22H24ClNO2/c23-19-8-6-18(7-9-19)22(12-13-22)21(25)24-14-10-20(11-15-24)26-16-17-4-2-1-3-5-17/h1-9,20H,10-16H2. The molecule has 0 aromatic heterocycles. The SMILES string of the molecule is O=C(N1CCC(OCc2ccccc2)CC1)C1(c2ccc(Cl)cc2)CC1. The second-order valence-electron chi connectivity index (χ2n) is 7.38. The van der Waals surface area contributed by atoms with Crippen LogP contribution in [-0.4, -0.2) is 30.0 Å². The van der Waals surface area contributed by atoms with Crippen molar-refractivity contribution in [3.8, 4) is 0 Å². The van der Waals surface area contributed by atoms with E-state index in [1.165, 1.54) is 5.56 Å². The van der Waals surface area contributed by atoms with Gasteiger partial charge in [0.2, 0.25) is 5.91 Å². The van der Waals surface area contributed by atoms with Crippen LogP contribution in [0.1, 0.15) is 36.8 Å². The number of benzene rings is 2. The predicted molar refractivity (Wildman–Crippen MR) is 103 cm³/mol. The van der Waals surface area contributed by atoms with E-state index in [2.05, 4.69) is 12.1 Å². The van der Waals surface area contributed by atoms with Crippen molar-refractivity contribution in [2.45, 2.75) is 43.8 Å². The lowest BCUT2D eigenvalue weighted by Crippen LogP contribution is -2.45. The maximum absolute atomic E-state index is 13.1. The number of amides is 1. The molecule has 4 heteroatoms. The molecule has 3 nitrogen and oxygen atoms in total. The molecule has 0 atom stereocenters. The summed E-state index contributed by atoms with van der Waals surface area (Å²) in [6.45, 7) is 2.22. The molecule has 1 aliphatic carbocycles. The van der Waals surface area contributed by atoms with Crippen LogP contribution in [0.3, 0.4) is 0 Å². The molecule has 2 aromatic rings. The fraction of sp³-hybridized carbons (Fsp3) is 0.409. The highest BCUT2D eigenvalue weighted by molar-refractivity contribution is 6.30. The number of nitrogens with zero attached hydrogens (tertiary/aromatic N) is 1. The Hall–Kier alpha value is -1.84. The maximum Gasteiger partial charge on any atom is 0.233 e. The van der Waals surface area contributed by atoms with Gasteiger partial charge in [0.15, 0.2) is 0 Å². The Kier molecular flexibility index (Phi) is 5.01. The molecule has 2 aromatic carbocycles. The third kappa shape index (κ3) is 3.65. The summed E-state index contributed by atoms with van der Waals surface area (Å²) in [4.78, 5) is 15.1. The van der Waals surface area contributed by atoms with Gasteiger partial charge in [-0.25, -0.2) is 0 Å². The Bertz CT molecular complexity index is 747. The van der Waals surface area contributed by atoms with Crippen molar-refractivity contribution in [2.75, 3.05) is 13.1 Å². The van der Waals surface area contributed by atoms with E-state index in [0.717, 1.165) is 44.3 Å². The number of hydrogen-bond donors (Lipinski definition) is 0. The van der Waals surface area contributed by atoms with E-state index in [0.29, 0.717) is 11.6 Å². The molecule has 4 rings (SSSR count). The fourth-order valence-electron chi connectivity index (χ4n) is 3.84. The normalized spacial score (nSPS) is 19.3. The smallest absolute Gasteiger partial charge is 0.233 e. The van der Waals surface area contributed by atoms with Crippen LogP contribution in [-0.2, 0) is 21.6 Å². The zero-order chi connectivity index (χ0) is 18.0. The van der Waals surface area contributed by atoms with E-state index >= 15 is 0 Å². The third-order valence-corrected chi connectivity index (χ3v) is 5.87. The first-order valence-corrected chi connectivity index (χ1v) is 9.76. The highest BCUT2D eigenvalue weighted by Crippen LogP contribution is 2.50. The lowest BCUT2D eigenvalue weighted by atomic mass is 9.93. The second kappa shape index (κ2) is 7.42. The van der Waals surface area contributed by atoms with Gasteiger partial charge in [-0.15, -0.1) is 0 Å². The Morgan fingerprint density at radius 2 is 1.69 bits per heavy atom. The monoisotopic (exact) mass is 369 g/mol. The molecule has 0 bridgehead atoms. The molecule has 1 heterocycles. The third-order valence-electron chi connectivity index (χ3n) is 5.61. The Labute approximate surface area is 159 Å². The first-order chi connectivity index (χ1) is 12.7. The van der Waals surface area contributed by atoms with E-state index in [-0.39, 0.29) is 17.4 Å². The molecule has 1 saturated carbocycles. The molecule has 1 saturated heterocycles. The minimum absolute atomic E-state index is 0.241. The second-order valence-corrected chi connectivity index (χ2v) is 7.81. The van der Waals surface area contributed by atoms with Crippen LogP contribution in [0.2, 0.25) is 5.02 Å². The van der Waals surface area contributed by atoms with E-state index in [4.69, 9.17) is 16.3 Å². The number of halogens is 1. The Morgan fingerprint density at radius 3 is 2.31 bits per heavy atom. The molecule has 0 N–H and O–H groups in total. The van der Waals surface area contributed by atoms with E-state index in [1.54, 1.807) is 0 Å². The number of piperidine rings is 1. The highest BCUT2D eigenvalue weighted by atomic mass is 35.5. The van der Waals surface area contributed by atoms with Crippen molar-refractivity contribution in [3.05, 3.63) is 70.7 Å². The first kappa shape index (κ1) is 17.6. The topological polar surface area (TPSA) is 29.5 Å². The van der Waals surface area contributed by atoms with Crippen molar-refractivity contribution in [3.63, 3.8) is 0 Å². The van der Waals surface area contributed by atoms with Crippen molar-refractivity contribution in [1.82, 2.24) is 4.90 Å². The lowest BCUT2D eigenvalue weighted by molar-refractivity contribution is -0.136. The molecule has 136 valence electrons. The molecule has 2 fully saturated rings. The van der Waals surface area contributed by atoms with E-state index in [1.807, 2.05) is 47.4 Å². The molecule has 1 aliphatic heterocycles. The van der Waals surface area contributed by atoms with E-state index in [9.17, 15) is 4.79 Å². The number of carbonyl (C=O) groups excluding carboxylic acids is 1. The average molecular weight is 370 g/mol. The van der Waals surface area contributed by atoms with Gasteiger partial charge < -0.3 is 9.64 Å². The van der Waals surface area contributed by atoms with Crippen molar-refractivity contribution in [1.29, 1.82) is 0 Å². The summed E-state index contributed by atoms with van der Waals surface area (Å²) in [7, 11) is 0. The largest absolute Gasteiger partial charge is 0.373 e. The number of likely N-dealkylation sites (tertiary alicyclic amines) is 1. The van der Waals surface area contributed by atoms with Crippen LogP contribution >= 0.6 is 11.6 Å². The zero-order valence-corrected chi connectivity index (χ0v) is 15.6. The van der Waals surface area contributed by atoms with Gasteiger partial charge in [0.25, 0.3) is 0 Å². The van der Waals surface area contributed by atoms with Crippen LogP contribution in [0.15, 0.2) is 54.6 Å². The van der Waals surface area contributed by atoms with Gasteiger partial charge in [-0.2, -0.15) is 0 Å². The molecular formula is C22H24ClNO2. The quantitative estimate of drug-likeness (QED) is 0.772. The van der Waals surface area contributed by atoms with Crippen molar-refractivity contribution in [2.24, 2.45) is 0 Å². The number of carbonyl (C=O) groups is 1. The van der Waals surface area contributed by atoms with Crippen molar-refractivity contribution >= 4 is 17.5 Å². The average Bonchev–Trinajstić information content (AvgIpc) is 3.49. The Balaban J connectivity index is 1.32. The minimum atomic E-state index is -0.303. The molecule has 26 heavy (non-hydrogen) atoms. The summed E-state index contributed by atoms with van der Waals surface area (Å²) in [5, 5.41) is 0.716. The molecule has 0 radical (unpaired) electrons. The van der Waals surface area contributed by atoms with Gasteiger partial charge in [-0.3, -0.25) is 4.79 Å². The molecule has 1 amide bonds. The van der Waals surface area contributed by atoms with Gasteiger partial charge in [0.1, 0.15) is 0 Å². The fourth-order valence-corrected chi connectivity index (χ4v) is 3.96. The van der Waals surface area contributed by atoms with E-state index < -0.39 is 0 Å². The van der Waals surface area contributed by atoms with Crippen molar-refractivity contribution < 1.29 is 9.53 Å². The van der Waals surface area contributed by atoms with Crippen LogP contribution in [0.5, 0.6) is 0 Å².